The largest absolute Gasteiger partial charge is 0.339 e. The molecule has 0 aromatic carbocycles. The van der Waals surface area contributed by atoms with Crippen LogP contribution >= 0.6 is 0 Å². The second-order valence-corrected chi connectivity index (χ2v) is 5.88. The fourth-order valence-electron chi connectivity index (χ4n) is 2.89. The third kappa shape index (κ3) is 3.56. The third-order valence-electron chi connectivity index (χ3n) is 4.24. The summed E-state index contributed by atoms with van der Waals surface area (Å²) in [4.78, 5) is 18.5. The summed E-state index contributed by atoms with van der Waals surface area (Å²) in [6, 6.07) is 0.508. The molecule has 6 nitrogen and oxygen atoms in total. The molecule has 6 heteroatoms. The Morgan fingerprint density at radius 1 is 1.30 bits per heavy atom. The third-order valence-corrected chi connectivity index (χ3v) is 4.24. The molecule has 0 bridgehead atoms. The number of nitrogens with zero attached hydrogens (tertiary/aromatic N) is 4. The SMILES string of the molecule is O=C(CCn1cncn1)N(CC1CCNCC1)C1CC1. The number of rotatable bonds is 6. The molecule has 3 rings (SSSR count). The molecule has 1 amide bonds. The summed E-state index contributed by atoms with van der Waals surface area (Å²) in [6.45, 7) is 3.77. The molecule has 1 aromatic rings. The molecule has 110 valence electrons. The number of piperidine rings is 1. The molecule has 0 radical (unpaired) electrons. The van der Waals surface area contributed by atoms with Crippen molar-refractivity contribution >= 4 is 5.91 Å². The smallest absolute Gasteiger partial charge is 0.224 e. The first-order valence-electron chi connectivity index (χ1n) is 7.65. The lowest BCUT2D eigenvalue weighted by atomic mass is 9.97. The molecule has 20 heavy (non-hydrogen) atoms. The minimum Gasteiger partial charge on any atom is -0.339 e. The van der Waals surface area contributed by atoms with Gasteiger partial charge in [-0.3, -0.25) is 9.48 Å². The average Bonchev–Trinajstić information content (AvgIpc) is 3.19. The van der Waals surface area contributed by atoms with Gasteiger partial charge in [-0.2, -0.15) is 5.10 Å². The van der Waals surface area contributed by atoms with Crippen LogP contribution in [-0.4, -0.2) is 51.2 Å². The van der Waals surface area contributed by atoms with Gasteiger partial charge in [-0.25, -0.2) is 4.98 Å². The predicted octanol–water partition coefficient (Wildman–Crippen LogP) is 0.659. The molecule has 2 fully saturated rings. The van der Waals surface area contributed by atoms with E-state index in [1.165, 1.54) is 32.0 Å². The van der Waals surface area contributed by atoms with Gasteiger partial charge in [-0.1, -0.05) is 0 Å². The molecule has 1 saturated heterocycles. The normalized spacial score (nSPS) is 20.0. The Hall–Kier alpha value is -1.43. The maximum atomic E-state index is 12.4. The number of nitrogens with one attached hydrogen (secondary N) is 1. The van der Waals surface area contributed by atoms with Crippen LogP contribution in [0.15, 0.2) is 12.7 Å². The molecule has 0 unspecified atom stereocenters. The maximum absolute atomic E-state index is 12.4. The van der Waals surface area contributed by atoms with E-state index in [1.54, 1.807) is 11.0 Å². The molecule has 1 N–H and O–H groups in total. The highest BCUT2D eigenvalue weighted by Crippen LogP contribution is 2.29. The van der Waals surface area contributed by atoms with Gasteiger partial charge in [0.25, 0.3) is 0 Å². The van der Waals surface area contributed by atoms with Crippen molar-refractivity contribution in [3.8, 4) is 0 Å². The standard InChI is InChI=1S/C14H23N5O/c20-14(5-8-18-11-16-10-17-18)19(13-1-2-13)9-12-3-6-15-7-4-12/h10-13,15H,1-9H2. The van der Waals surface area contributed by atoms with Crippen molar-refractivity contribution in [2.75, 3.05) is 19.6 Å². The fourth-order valence-corrected chi connectivity index (χ4v) is 2.89. The fraction of sp³-hybridized carbons (Fsp3) is 0.786. The summed E-state index contributed by atoms with van der Waals surface area (Å²) in [6.07, 6.45) is 8.46. The van der Waals surface area contributed by atoms with E-state index in [9.17, 15) is 4.79 Å². The number of aromatic nitrogens is 3. The van der Waals surface area contributed by atoms with E-state index in [-0.39, 0.29) is 5.91 Å². The Labute approximate surface area is 119 Å². The molecular weight excluding hydrogens is 254 g/mol. The highest BCUT2D eigenvalue weighted by atomic mass is 16.2. The van der Waals surface area contributed by atoms with Crippen molar-refractivity contribution in [2.45, 2.75) is 44.7 Å². The van der Waals surface area contributed by atoms with Gasteiger partial charge in [0.15, 0.2) is 0 Å². The van der Waals surface area contributed by atoms with Gasteiger partial charge < -0.3 is 10.2 Å². The first kappa shape index (κ1) is 13.5. The second-order valence-electron chi connectivity index (χ2n) is 5.88. The number of aryl methyl sites for hydroxylation is 1. The summed E-state index contributed by atoms with van der Waals surface area (Å²) in [5.41, 5.74) is 0. The van der Waals surface area contributed by atoms with Crippen LogP contribution in [0.2, 0.25) is 0 Å². The van der Waals surface area contributed by atoms with Crippen LogP contribution in [0, 0.1) is 5.92 Å². The van der Waals surface area contributed by atoms with Crippen molar-refractivity contribution in [2.24, 2.45) is 5.92 Å². The van der Waals surface area contributed by atoms with Gasteiger partial charge in [-0.05, 0) is 44.7 Å². The number of carbonyl (C=O) groups excluding carboxylic acids is 1. The number of hydrogen-bond donors (Lipinski definition) is 1. The zero-order valence-electron chi connectivity index (χ0n) is 11.9. The van der Waals surface area contributed by atoms with Crippen LogP contribution < -0.4 is 5.32 Å². The number of carbonyl (C=O) groups is 1. The first-order chi connectivity index (χ1) is 9.83. The lowest BCUT2D eigenvalue weighted by Gasteiger charge is -2.30. The van der Waals surface area contributed by atoms with Gasteiger partial charge in [0.1, 0.15) is 12.7 Å². The molecule has 2 aliphatic rings. The Morgan fingerprint density at radius 2 is 2.10 bits per heavy atom. The minimum atomic E-state index is 0.279. The average molecular weight is 277 g/mol. The molecule has 1 aliphatic carbocycles. The van der Waals surface area contributed by atoms with E-state index in [0.29, 0.717) is 24.9 Å². The summed E-state index contributed by atoms with van der Waals surface area (Å²) in [5, 5.41) is 7.43. The highest BCUT2D eigenvalue weighted by Gasteiger charge is 2.33. The summed E-state index contributed by atoms with van der Waals surface area (Å²) >= 11 is 0. The van der Waals surface area contributed by atoms with E-state index in [4.69, 9.17) is 0 Å². The van der Waals surface area contributed by atoms with Crippen molar-refractivity contribution < 1.29 is 4.79 Å². The van der Waals surface area contributed by atoms with Crippen LogP contribution in [0.3, 0.4) is 0 Å². The predicted molar refractivity (Wildman–Crippen MR) is 75.0 cm³/mol. The van der Waals surface area contributed by atoms with Crippen LogP contribution in [0.25, 0.3) is 0 Å². The van der Waals surface area contributed by atoms with E-state index in [2.05, 4.69) is 20.3 Å². The van der Waals surface area contributed by atoms with Crippen LogP contribution in [0.5, 0.6) is 0 Å². The lowest BCUT2D eigenvalue weighted by Crippen LogP contribution is -2.40. The van der Waals surface area contributed by atoms with E-state index in [0.717, 1.165) is 19.6 Å². The zero-order valence-corrected chi connectivity index (χ0v) is 11.9. The molecular formula is C14H23N5O. The number of hydrogen-bond acceptors (Lipinski definition) is 4. The highest BCUT2D eigenvalue weighted by molar-refractivity contribution is 5.76. The second kappa shape index (κ2) is 6.35. The molecule has 1 aromatic heterocycles. The van der Waals surface area contributed by atoms with Gasteiger partial charge in [-0.15, -0.1) is 0 Å². The lowest BCUT2D eigenvalue weighted by molar-refractivity contribution is -0.132. The van der Waals surface area contributed by atoms with Crippen LogP contribution in [0.1, 0.15) is 32.1 Å². The zero-order chi connectivity index (χ0) is 13.8. The van der Waals surface area contributed by atoms with Gasteiger partial charge in [0.05, 0.1) is 6.54 Å². The Balaban J connectivity index is 1.51. The summed E-state index contributed by atoms with van der Waals surface area (Å²) in [5.74, 6) is 0.953. The first-order valence-corrected chi connectivity index (χ1v) is 7.65. The Kier molecular flexibility index (Phi) is 4.30. The minimum absolute atomic E-state index is 0.279. The van der Waals surface area contributed by atoms with E-state index < -0.39 is 0 Å². The van der Waals surface area contributed by atoms with Gasteiger partial charge in [0, 0.05) is 19.0 Å². The molecule has 1 saturated carbocycles. The van der Waals surface area contributed by atoms with Crippen molar-refractivity contribution in [1.82, 2.24) is 25.0 Å². The van der Waals surface area contributed by atoms with Crippen molar-refractivity contribution in [3.05, 3.63) is 12.7 Å². The summed E-state index contributed by atoms with van der Waals surface area (Å²) < 4.78 is 1.73. The molecule has 0 spiro atoms. The summed E-state index contributed by atoms with van der Waals surface area (Å²) in [7, 11) is 0. The van der Waals surface area contributed by atoms with E-state index in [1.807, 2.05) is 0 Å². The van der Waals surface area contributed by atoms with Crippen molar-refractivity contribution in [1.29, 1.82) is 0 Å². The van der Waals surface area contributed by atoms with Crippen LogP contribution in [-0.2, 0) is 11.3 Å². The Morgan fingerprint density at radius 3 is 2.75 bits per heavy atom. The molecule has 1 aliphatic heterocycles. The quantitative estimate of drug-likeness (QED) is 0.829. The van der Waals surface area contributed by atoms with Crippen LogP contribution in [0.4, 0.5) is 0 Å². The van der Waals surface area contributed by atoms with Gasteiger partial charge in [0.2, 0.25) is 5.91 Å². The topological polar surface area (TPSA) is 63.1 Å². The molecule has 2 heterocycles. The maximum Gasteiger partial charge on any atom is 0.224 e. The van der Waals surface area contributed by atoms with Gasteiger partial charge >= 0.3 is 0 Å². The van der Waals surface area contributed by atoms with E-state index >= 15 is 0 Å². The monoisotopic (exact) mass is 277 g/mol. The van der Waals surface area contributed by atoms with Crippen molar-refractivity contribution in [3.63, 3.8) is 0 Å². The Bertz CT molecular complexity index is 423. The number of amides is 1. The molecule has 0 atom stereocenters.